The Morgan fingerprint density at radius 1 is 1.21 bits per heavy atom. The van der Waals surface area contributed by atoms with Crippen LogP contribution in [-0.2, 0) is 14.8 Å². The number of thiophene rings is 1. The van der Waals surface area contributed by atoms with Crippen molar-refractivity contribution >= 4 is 54.7 Å². The number of hydrogen-bond acceptors (Lipinski definition) is 8. The number of sulfonamides is 1. The topological polar surface area (TPSA) is 102 Å². The molecule has 0 aliphatic carbocycles. The summed E-state index contributed by atoms with van der Waals surface area (Å²) >= 11 is 2.53. The average Bonchev–Trinajstić information content (AvgIpc) is 3.59. The van der Waals surface area contributed by atoms with E-state index in [-0.39, 0.29) is 11.8 Å². The maximum Gasteiger partial charge on any atom is 0.252 e. The minimum absolute atomic E-state index is 0.140. The first kappa shape index (κ1) is 22.1. The number of fused-ring (bicyclic) bond motifs is 1. The van der Waals surface area contributed by atoms with Crippen LogP contribution < -0.4 is 10.1 Å². The van der Waals surface area contributed by atoms with Gasteiger partial charge < -0.3 is 14.5 Å². The number of hydrogen-bond donors (Lipinski definition) is 1. The third-order valence-electron chi connectivity index (χ3n) is 5.63. The number of furan rings is 1. The summed E-state index contributed by atoms with van der Waals surface area (Å²) in [6, 6.07) is 10.8. The van der Waals surface area contributed by atoms with Crippen molar-refractivity contribution in [3.05, 3.63) is 47.2 Å². The van der Waals surface area contributed by atoms with E-state index in [1.54, 1.807) is 24.6 Å². The molecule has 0 radical (unpaired) electrons. The van der Waals surface area contributed by atoms with Crippen molar-refractivity contribution in [3.8, 4) is 17.2 Å². The van der Waals surface area contributed by atoms with E-state index in [0.29, 0.717) is 58.1 Å². The molecule has 172 valence electrons. The number of methoxy groups -OCH3 is 1. The molecule has 1 aromatic carbocycles. The van der Waals surface area contributed by atoms with E-state index in [0.717, 1.165) is 5.39 Å². The molecular weight excluding hydrogens is 482 g/mol. The van der Waals surface area contributed by atoms with Crippen LogP contribution in [0.2, 0.25) is 0 Å². The van der Waals surface area contributed by atoms with E-state index in [9.17, 15) is 13.2 Å². The molecule has 1 N–H and O–H groups in total. The zero-order valence-electron chi connectivity index (χ0n) is 17.7. The van der Waals surface area contributed by atoms with Crippen LogP contribution >= 0.6 is 22.7 Å². The van der Waals surface area contributed by atoms with E-state index >= 15 is 0 Å². The standard InChI is InChI=1S/C22H21N3O5S3/c1-29-16-5-4-15-11-19(30-18(15)12-16)17-13-32-22(23-17)24-21(26)14-6-8-25(9-7-14)33(27,28)20-3-2-10-31-20/h2-5,10-14H,6-9H2,1H3,(H,23,24,26). The Bertz CT molecular complexity index is 1380. The van der Waals surface area contributed by atoms with Crippen LogP contribution in [-0.4, -0.2) is 43.8 Å². The first-order valence-corrected chi connectivity index (χ1v) is 13.5. The Morgan fingerprint density at radius 3 is 2.76 bits per heavy atom. The van der Waals surface area contributed by atoms with Crippen LogP contribution in [0, 0.1) is 5.92 Å². The lowest BCUT2D eigenvalue weighted by Gasteiger charge is -2.29. The zero-order chi connectivity index (χ0) is 23.0. The molecule has 33 heavy (non-hydrogen) atoms. The lowest BCUT2D eigenvalue weighted by Crippen LogP contribution is -2.41. The van der Waals surface area contributed by atoms with Crippen molar-refractivity contribution in [2.75, 3.05) is 25.5 Å². The Hall–Kier alpha value is -2.73. The SMILES string of the molecule is COc1ccc2cc(-c3csc(NC(=O)C4CCN(S(=O)(=O)c5cccs5)CC4)n3)oc2c1. The average molecular weight is 504 g/mol. The fraction of sp³-hybridized carbons (Fsp3) is 0.273. The summed E-state index contributed by atoms with van der Waals surface area (Å²) in [6.45, 7) is 0.647. The van der Waals surface area contributed by atoms with E-state index in [2.05, 4.69) is 10.3 Å². The normalized spacial score (nSPS) is 15.7. The van der Waals surface area contributed by atoms with E-state index in [1.165, 1.54) is 27.0 Å². The van der Waals surface area contributed by atoms with Gasteiger partial charge in [0.15, 0.2) is 10.9 Å². The molecule has 8 nitrogen and oxygen atoms in total. The van der Waals surface area contributed by atoms with Gasteiger partial charge in [-0.25, -0.2) is 13.4 Å². The minimum atomic E-state index is -3.48. The summed E-state index contributed by atoms with van der Waals surface area (Å²) in [4.78, 5) is 17.3. The molecule has 4 aromatic rings. The quantitative estimate of drug-likeness (QED) is 0.410. The van der Waals surface area contributed by atoms with Crippen LogP contribution in [0.4, 0.5) is 5.13 Å². The van der Waals surface area contributed by atoms with Gasteiger partial charge in [-0.3, -0.25) is 4.79 Å². The zero-order valence-corrected chi connectivity index (χ0v) is 20.1. The number of anilines is 1. The molecule has 5 rings (SSSR count). The van der Waals surface area contributed by atoms with E-state index in [1.807, 2.05) is 29.6 Å². The number of thiazole rings is 1. The second kappa shape index (κ2) is 8.90. The number of carbonyl (C=O) groups excluding carboxylic acids is 1. The Labute approximate surface area is 198 Å². The highest BCUT2D eigenvalue weighted by atomic mass is 32.2. The van der Waals surface area contributed by atoms with Gasteiger partial charge in [-0.05, 0) is 42.5 Å². The Balaban J connectivity index is 1.22. The number of rotatable bonds is 6. The van der Waals surface area contributed by atoms with Crippen LogP contribution in [0.3, 0.4) is 0 Å². The highest BCUT2D eigenvalue weighted by Crippen LogP contribution is 2.32. The number of piperidine rings is 1. The molecule has 4 heterocycles. The second-order valence-electron chi connectivity index (χ2n) is 7.65. The number of amides is 1. The lowest BCUT2D eigenvalue weighted by molar-refractivity contribution is -0.120. The van der Waals surface area contributed by atoms with Crippen molar-refractivity contribution in [2.45, 2.75) is 17.1 Å². The number of nitrogens with one attached hydrogen (secondary N) is 1. The number of carbonyl (C=O) groups is 1. The number of aromatic nitrogens is 1. The molecule has 0 spiro atoms. The minimum Gasteiger partial charge on any atom is -0.497 e. The van der Waals surface area contributed by atoms with Gasteiger partial charge in [0.25, 0.3) is 10.0 Å². The smallest absolute Gasteiger partial charge is 0.252 e. The summed E-state index contributed by atoms with van der Waals surface area (Å²) < 4.78 is 38.3. The Morgan fingerprint density at radius 2 is 2.03 bits per heavy atom. The second-order valence-corrected chi connectivity index (χ2v) is 11.6. The molecule has 11 heteroatoms. The van der Waals surface area contributed by atoms with Crippen molar-refractivity contribution < 1.29 is 22.4 Å². The molecule has 1 aliphatic rings. The molecule has 1 saturated heterocycles. The van der Waals surface area contributed by atoms with Crippen LogP contribution in [0.15, 0.2) is 55.8 Å². The summed E-state index contributed by atoms with van der Waals surface area (Å²) in [7, 11) is -1.87. The maximum atomic E-state index is 12.8. The highest BCUT2D eigenvalue weighted by molar-refractivity contribution is 7.91. The summed E-state index contributed by atoms with van der Waals surface area (Å²) in [6.07, 6.45) is 0.945. The summed E-state index contributed by atoms with van der Waals surface area (Å²) in [5.41, 5.74) is 1.34. The number of ether oxygens (including phenoxy) is 1. The molecule has 3 aromatic heterocycles. The van der Waals surface area contributed by atoms with Gasteiger partial charge in [-0.2, -0.15) is 4.31 Å². The van der Waals surface area contributed by atoms with E-state index in [4.69, 9.17) is 9.15 Å². The summed E-state index contributed by atoms with van der Waals surface area (Å²) in [5.74, 6) is 0.926. The fourth-order valence-corrected chi connectivity index (χ4v) is 7.13. The van der Waals surface area contributed by atoms with Gasteiger partial charge in [-0.15, -0.1) is 22.7 Å². The van der Waals surface area contributed by atoms with Crippen LogP contribution in [0.1, 0.15) is 12.8 Å². The summed E-state index contributed by atoms with van der Waals surface area (Å²) in [5, 5.41) is 7.88. The van der Waals surface area contributed by atoms with Crippen molar-refractivity contribution in [2.24, 2.45) is 5.92 Å². The lowest BCUT2D eigenvalue weighted by atomic mass is 9.97. The molecule has 0 atom stereocenters. The maximum absolute atomic E-state index is 12.8. The van der Waals surface area contributed by atoms with Gasteiger partial charge in [0.05, 0.1) is 7.11 Å². The first-order chi connectivity index (χ1) is 15.9. The van der Waals surface area contributed by atoms with Crippen molar-refractivity contribution in [1.82, 2.24) is 9.29 Å². The highest BCUT2D eigenvalue weighted by Gasteiger charge is 2.32. The molecule has 0 bridgehead atoms. The van der Waals surface area contributed by atoms with E-state index < -0.39 is 10.0 Å². The molecule has 0 saturated carbocycles. The van der Waals surface area contributed by atoms with Gasteiger partial charge in [-0.1, -0.05) is 6.07 Å². The predicted octanol–water partition coefficient (Wildman–Crippen LogP) is 4.67. The third kappa shape index (κ3) is 4.41. The molecular formula is C22H21N3O5S3. The van der Waals surface area contributed by atoms with Gasteiger partial charge in [0, 0.05) is 35.8 Å². The van der Waals surface area contributed by atoms with Crippen LogP contribution in [0.5, 0.6) is 5.75 Å². The number of nitrogens with zero attached hydrogens (tertiary/aromatic N) is 2. The monoisotopic (exact) mass is 503 g/mol. The Kier molecular flexibility index (Phi) is 5.95. The molecule has 1 aliphatic heterocycles. The van der Waals surface area contributed by atoms with Gasteiger partial charge >= 0.3 is 0 Å². The van der Waals surface area contributed by atoms with Gasteiger partial charge in [0.1, 0.15) is 21.2 Å². The number of benzene rings is 1. The van der Waals surface area contributed by atoms with Crippen LogP contribution in [0.25, 0.3) is 22.4 Å². The predicted molar refractivity (Wildman–Crippen MR) is 128 cm³/mol. The van der Waals surface area contributed by atoms with Crippen molar-refractivity contribution in [1.29, 1.82) is 0 Å². The van der Waals surface area contributed by atoms with Crippen molar-refractivity contribution in [3.63, 3.8) is 0 Å². The first-order valence-electron chi connectivity index (χ1n) is 10.3. The third-order valence-corrected chi connectivity index (χ3v) is 9.66. The molecule has 0 unspecified atom stereocenters. The molecule has 1 amide bonds. The largest absolute Gasteiger partial charge is 0.497 e. The fourth-order valence-electron chi connectivity index (χ4n) is 3.81. The molecule has 1 fully saturated rings. The van der Waals surface area contributed by atoms with Gasteiger partial charge in [0.2, 0.25) is 5.91 Å².